The van der Waals surface area contributed by atoms with Gasteiger partial charge in [-0.15, -0.1) is 0 Å². The maximum absolute atomic E-state index is 11.8. The average molecular weight is 262 g/mol. The molecule has 2 atom stereocenters. The topological polar surface area (TPSA) is 69.6 Å². The number of thioether (sulfide) groups is 1. The molecule has 0 aromatic rings. The lowest BCUT2D eigenvalue weighted by atomic mass is 10.2. The van der Waals surface area contributed by atoms with Crippen LogP contribution in [0.25, 0.3) is 0 Å². The van der Waals surface area contributed by atoms with Crippen LogP contribution in [0.5, 0.6) is 0 Å². The zero-order chi connectivity index (χ0) is 13.4. The standard InChI is InChI=1S/C11H22N2O3S/c1-5-13(7-8(2)10(14)15)11(16)12-6-9(3)17-4/h8-9H,5-7H2,1-4H3,(H,12,16)(H,14,15). The van der Waals surface area contributed by atoms with E-state index < -0.39 is 11.9 Å². The summed E-state index contributed by atoms with van der Waals surface area (Å²) in [6.07, 6.45) is 1.99. The molecule has 0 radical (unpaired) electrons. The maximum Gasteiger partial charge on any atom is 0.317 e. The van der Waals surface area contributed by atoms with Crippen LogP contribution in [0.3, 0.4) is 0 Å². The Kier molecular flexibility index (Phi) is 7.78. The van der Waals surface area contributed by atoms with Gasteiger partial charge in [0.1, 0.15) is 0 Å². The Balaban J connectivity index is 4.17. The number of hydrogen-bond acceptors (Lipinski definition) is 3. The van der Waals surface area contributed by atoms with E-state index in [1.165, 1.54) is 4.90 Å². The molecule has 2 amide bonds. The van der Waals surface area contributed by atoms with Gasteiger partial charge in [0.05, 0.1) is 5.92 Å². The Hall–Kier alpha value is -0.910. The predicted molar refractivity (Wildman–Crippen MR) is 70.4 cm³/mol. The van der Waals surface area contributed by atoms with Gasteiger partial charge in [-0.25, -0.2) is 4.79 Å². The number of nitrogens with one attached hydrogen (secondary N) is 1. The molecule has 0 saturated carbocycles. The van der Waals surface area contributed by atoms with Gasteiger partial charge >= 0.3 is 12.0 Å². The first-order chi connectivity index (χ1) is 7.92. The van der Waals surface area contributed by atoms with E-state index in [0.29, 0.717) is 18.3 Å². The van der Waals surface area contributed by atoms with Crippen LogP contribution in [0.15, 0.2) is 0 Å². The van der Waals surface area contributed by atoms with Crippen molar-refractivity contribution in [2.45, 2.75) is 26.0 Å². The molecule has 0 fully saturated rings. The van der Waals surface area contributed by atoms with Gasteiger partial charge in [-0.1, -0.05) is 13.8 Å². The monoisotopic (exact) mass is 262 g/mol. The van der Waals surface area contributed by atoms with Crippen LogP contribution in [-0.4, -0.2) is 53.1 Å². The zero-order valence-corrected chi connectivity index (χ0v) is 11.7. The second-order valence-corrected chi connectivity index (χ2v) is 5.29. The van der Waals surface area contributed by atoms with Crippen molar-refractivity contribution in [3.63, 3.8) is 0 Å². The molecule has 0 spiro atoms. The van der Waals surface area contributed by atoms with Crippen LogP contribution < -0.4 is 5.32 Å². The lowest BCUT2D eigenvalue weighted by Crippen LogP contribution is -2.44. The van der Waals surface area contributed by atoms with Crippen molar-refractivity contribution in [3.8, 4) is 0 Å². The number of carbonyl (C=O) groups is 2. The highest BCUT2D eigenvalue weighted by Gasteiger charge is 2.19. The number of urea groups is 1. The molecule has 0 saturated heterocycles. The molecule has 0 aromatic carbocycles. The number of carbonyl (C=O) groups excluding carboxylic acids is 1. The Morgan fingerprint density at radius 3 is 2.41 bits per heavy atom. The first-order valence-corrected chi connectivity index (χ1v) is 6.99. The number of aliphatic carboxylic acids is 1. The predicted octanol–water partition coefficient (Wildman–Crippen LogP) is 1.49. The summed E-state index contributed by atoms with van der Waals surface area (Å²) in [5, 5.41) is 12.0. The smallest absolute Gasteiger partial charge is 0.317 e. The van der Waals surface area contributed by atoms with E-state index in [1.54, 1.807) is 18.7 Å². The highest BCUT2D eigenvalue weighted by Crippen LogP contribution is 2.04. The number of hydrogen-bond donors (Lipinski definition) is 2. The van der Waals surface area contributed by atoms with Gasteiger partial charge < -0.3 is 15.3 Å². The molecule has 2 N–H and O–H groups in total. The molecule has 0 aliphatic rings. The molecular weight excluding hydrogens is 240 g/mol. The second kappa shape index (κ2) is 8.22. The quantitative estimate of drug-likeness (QED) is 0.729. The lowest BCUT2D eigenvalue weighted by molar-refractivity contribution is -0.141. The van der Waals surface area contributed by atoms with E-state index >= 15 is 0 Å². The number of carboxylic acid groups (broad SMARTS) is 1. The minimum absolute atomic E-state index is 0.193. The Morgan fingerprint density at radius 1 is 1.41 bits per heavy atom. The summed E-state index contributed by atoms with van der Waals surface area (Å²) in [5.41, 5.74) is 0. The van der Waals surface area contributed by atoms with Gasteiger partial charge in [-0.3, -0.25) is 4.79 Å². The summed E-state index contributed by atoms with van der Waals surface area (Å²) in [6.45, 7) is 6.82. The first kappa shape index (κ1) is 16.1. The summed E-state index contributed by atoms with van der Waals surface area (Å²) < 4.78 is 0. The molecule has 100 valence electrons. The Labute approximate surface area is 107 Å². The number of amides is 2. The van der Waals surface area contributed by atoms with Crippen LogP contribution in [0, 0.1) is 5.92 Å². The fraction of sp³-hybridized carbons (Fsp3) is 0.818. The van der Waals surface area contributed by atoms with Crippen LogP contribution in [0.1, 0.15) is 20.8 Å². The molecular formula is C11H22N2O3S. The van der Waals surface area contributed by atoms with Gasteiger partial charge in [0.2, 0.25) is 0 Å². The van der Waals surface area contributed by atoms with E-state index in [2.05, 4.69) is 5.32 Å². The molecule has 0 rings (SSSR count). The fourth-order valence-corrected chi connectivity index (χ4v) is 1.44. The van der Waals surface area contributed by atoms with Gasteiger partial charge in [-0.2, -0.15) is 11.8 Å². The van der Waals surface area contributed by atoms with Crippen molar-refractivity contribution < 1.29 is 14.7 Å². The zero-order valence-electron chi connectivity index (χ0n) is 10.9. The van der Waals surface area contributed by atoms with Crippen molar-refractivity contribution in [3.05, 3.63) is 0 Å². The minimum Gasteiger partial charge on any atom is -0.481 e. The highest BCUT2D eigenvalue weighted by molar-refractivity contribution is 7.99. The van der Waals surface area contributed by atoms with Crippen molar-refractivity contribution in [2.24, 2.45) is 5.92 Å². The molecule has 0 heterocycles. The van der Waals surface area contributed by atoms with E-state index in [1.807, 2.05) is 20.1 Å². The van der Waals surface area contributed by atoms with Crippen molar-refractivity contribution in [2.75, 3.05) is 25.9 Å². The maximum atomic E-state index is 11.8. The van der Waals surface area contributed by atoms with Gasteiger partial charge in [-0.05, 0) is 13.2 Å². The molecule has 0 aromatic heterocycles. The summed E-state index contributed by atoms with van der Waals surface area (Å²) >= 11 is 1.68. The third-order valence-corrected chi connectivity index (χ3v) is 3.50. The number of carboxylic acids is 1. The van der Waals surface area contributed by atoms with E-state index in [-0.39, 0.29) is 12.6 Å². The summed E-state index contributed by atoms with van der Waals surface area (Å²) in [7, 11) is 0. The first-order valence-electron chi connectivity index (χ1n) is 5.70. The SMILES string of the molecule is CCN(CC(C)C(=O)O)C(=O)NCC(C)SC. The molecule has 2 unspecified atom stereocenters. The second-order valence-electron chi connectivity index (χ2n) is 4.01. The van der Waals surface area contributed by atoms with Crippen LogP contribution in [0.4, 0.5) is 4.79 Å². The minimum atomic E-state index is -0.881. The van der Waals surface area contributed by atoms with E-state index in [9.17, 15) is 9.59 Å². The molecule has 6 heteroatoms. The van der Waals surface area contributed by atoms with Crippen LogP contribution in [-0.2, 0) is 4.79 Å². The number of rotatable bonds is 7. The largest absolute Gasteiger partial charge is 0.481 e. The lowest BCUT2D eigenvalue weighted by Gasteiger charge is -2.24. The van der Waals surface area contributed by atoms with Gasteiger partial charge in [0.25, 0.3) is 0 Å². The average Bonchev–Trinajstić information content (AvgIpc) is 2.31. The molecule has 0 aliphatic carbocycles. The van der Waals surface area contributed by atoms with Gasteiger partial charge in [0, 0.05) is 24.9 Å². The molecule has 0 aliphatic heterocycles. The van der Waals surface area contributed by atoms with Gasteiger partial charge in [0.15, 0.2) is 0 Å². The Morgan fingerprint density at radius 2 is 2.00 bits per heavy atom. The molecule has 0 bridgehead atoms. The fourth-order valence-electron chi connectivity index (χ4n) is 1.19. The van der Waals surface area contributed by atoms with E-state index in [4.69, 9.17) is 5.11 Å². The molecule has 17 heavy (non-hydrogen) atoms. The Bertz CT molecular complexity index is 261. The van der Waals surface area contributed by atoms with Crippen LogP contribution in [0.2, 0.25) is 0 Å². The summed E-state index contributed by atoms with van der Waals surface area (Å²) in [6, 6.07) is -0.193. The van der Waals surface area contributed by atoms with E-state index in [0.717, 1.165) is 0 Å². The summed E-state index contributed by atoms with van der Waals surface area (Å²) in [4.78, 5) is 24.0. The normalized spacial score (nSPS) is 13.9. The van der Waals surface area contributed by atoms with Crippen LogP contribution >= 0.6 is 11.8 Å². The summed E-state index contributed by atoms with van der Waals surface area (Å²) in [5.74, 6) is -1.42. The molecule has 5 nitrogen and oxygen atoms in total. The van der Waals surface area contributed by atoms with Crippen molar-refractivity contribution in [1.29, 1.82) is 0 Å². The third kappa shape index (κ3) is 6.41. The highest BCUT2D eigenvalue weighted by atomic mass is 32.2. The third-order valence-electron chi connectivity index (χ3n) is 2.53. The van der Waals surface area contributed by atoms with Crippen molar-refractivity contribution in [1.82, 2.24) is 10.2 Å². The number of nitrogens with zero attached hydrogens (tertiary/aromatic N) is 1. The van der Waals surface area contributed by atoms with Crippen molar-refractivity contribution >= 4 is 23.8 Å².